The minimum Gasteiger partial charge on any atom is -0.457 e. The molecule has 0 saturated heterocycles. The summed E-state index contributed by atoms with van der Waals surface area (Å²) >= 11 is 0. The third-order valence-electron chi connectivity index (χ3n) is 2.71. The van der Waals surface area contributed by atoms with Crippen molar-refractivity contribution in [1.29, 1.82) is 0 Å². The number of nitrogens with one attached hydrogen (secondary N) is 1. The molecule has 0 bridgehead atoms. The fourth-order valence-electron chi connectivity index (χ4n) is 1.68. The van der Waals surface area contributed by atoms with Crippen LogP contribution in [0.2, 0.25) is 0 Å². The Labute approximate surface area is 122 Å². The van der Waals surface area contributed by atoms with Crippen molar-refractivity contribution in [2.75, 3.05) is 6.26 Å². The lowest BCUT2D eigenvalue weighted by Crippen LogP contribution is -2.29. The number of carbonyl (C=O) groups is 1. The maximum atomic E-state index is 11.4. The molecule has 0 spiro atoms. The Bertz CT molecular complexity index is 755. The van der Waals surface area contributed by atoms with E-state index in [0.29, 0.717) is 17.1 Å². The van der Waals surface area contributed by atoms with Crippen molar-refractivity contribution in [2.45, 2.75) is 4.90 Å². The van der Waals surface area contributed by atoms with Gasteiger partial charge in [0.25, 0.3) is 5.91 Å². The van der Waals surface area contributed by atoms with Crippen molar-refractivity contribution < 1.29 is 17.9 Å². The van der Waals surface area contributed by atoms with Gasteiger partial charge in [0.05, 0.1) is 4.90 Å². The highest BCUT2D eigenvalue weighted by molar-refractivity contribution is 7.90. The van der Waals surface area contributed by atoms with Gasteiger partial charge < -0.3 is 4.74 Å². The number of rotatable bonds is 4. The Balaban J connectivity index is 2.20. The number of hydrogen-bond acceptors (Lipinski definition) is 5. The molecule has 6 nitrogen and oxygen atoms in total. The van der Waals surface area contributed by atoms with E-state index in [4.69, 9.17) is 10.6 Å². The van der Waals surface area contributed by atoms with Gasteiger partial charge in [-0.25, -0.2) is 14.3 Å². The van der Waals surface area contributed by atoms with Crippen LogP contribution in [0.15, 0.2) is 53.4 Å². The lowest BCUT2D eigenvalue weighted by molar-refractivity contribution is 0.0953. The molecule has 1 amide bonds. The molecule has 21 heavy (non-hydrogen) atoms. The lowest BCUT2D eigenvalue weighted by atomic mass is 10.2. The van der Waals surface area contributed by atoms with Crippen LogP contribution in [0, 0.1) is 0 Å². The smallest absolute Gasteiger partial charge is 0.265 e. The van der Waals surface area contributed by atoms with E-state index in [1.807, 2.05) is 5.43 Å². The first-order valence-electron chi connectivity index (χ1n) is 5.99. The van der Waals surface area contributed by atoms with Crippen molar-refractivity contribution in [3.8, 4) is 11.5 Å². The van der Waals surface area contributed by atoms with Crippen LogP contribution in [-0.4, -0.2) is 20.6 Å². The van der Waals surface area contributed by atoms with Crippen LogP contribution in [-0.2, 0) is 9.84 Å². The average molecular weight is 306 g/mol. The van der Waals surface area contributed by atoms with Gasteiger partial charge in [0.1, 0.15) is 11.5 Å². The quantitative estimate of drug-likeness (QED) is 0.506. The van der Waals surface area contributed by atoms with E-state index in [1.54, 1.807) is 30.3 Å². The van der Waals surface area contributed by atoms with E-state index in [-0.39, 0.29) is 4.90 Å². The minimum atomic E-state index is -3.24. The maximum Gasteiger partial charge on any atom is 0.265 e. The number of hydrogen-bond donors (Lipinski definition) is 2. The van der Waals surface area contributed by atoms with Crippen LogP contribution in [0.4, 0.5) is 0 Å². The van der Waals surface area contributed by atoms with Gasteiger partial charge >= 0.3 is 0 Å². The summed E-state index contributed by atoms with van der Waals surface area (Å²) in [5.41, 5.74) is 2.40. The maximum absolute atomic E-state index is 11.4. The van der Waals surface area contributed by atoms with Crippen LogP contribution >= 0.6 is 0 Å². The number of nitrogens with two attached hydrogens (primary N) is 1. The predicted octanol–water partition coefficient (Wildman–Crippen LogP) is 1.49. The molecule has 3 N–H and O–H groups in total. The van der Waals surface area contributed by atoms with Gasteiger partial charge in [-0.2, -0.15) is 0 Å². The van der Waals surface area contributed by atoms with E-state index >= 15 is 0 Å². The van der Waals surface area contributed by atoms with Gasteiger partial charge in [0, 0.05) is 11.8 Å². The molecule has 0 unspecified atom stereocenters. The second-order valence-corrected chi connectivity index (χ2v) is 6.36. The molecule has 2 aromatic carbocycles. The molecule has 2 rings (SSSR count). The standard InChI is InChI=1S/C14H14N2O4S/c1-21(18,19)13-7-5-11(6-8-13)20-12-4-2-3-10(9-12)14(17)16-15/h2-9H,15H2,1H3,(H,16,17). The summed E-state index contributed by atoms with van der Waals surface area (Å²) in [5, 5.41) is 0. The number of sulfone groups is 1. The van der Waals surface area contributed by atoms with Crippen molar-refractivity contribution in [3.63, 3.8) is 0 Å². The molecular formula is C14H14N2O4S. The number of hydrazine groups is 1. The first-order valence-corrected chi connectivity index (χ1v) is 7.88. The van der Waals surface area contributed by atoms with Crippen LogP contribution in [0.1, 0.15) is 10.4 Å². The van der Waals surface area contributed by atoms with Gasteiger partial charge in [-0.15, -0.1) is 0 Å². The number of nitrogen functional groups attached to an aromatic ring is 1. The highest BCUT2D eigenvalue weighted by Crippen LogP contribution is 2.23. The zero-order valence-corrected chi connectivity index (χ0v) is 12.1. The van der Waals surface area contributed by atoms with Gasteiger partial charge in [-0.1, -0.05) is 6.07 Å². The number of benzene rings is 2. The second kappa shape index (κ2) is 5.94. The summed E-state index contributed by atoms with van der Waals surface area (Å²) < 4.78 is 28.3. The van der Waals surface area contributed by atoms with Gasteiger partial charge in [0.2, 0.25) is 0 Å². The summed E-state index contributed by atoms with van der Waals surface area (Å²) in [6.07, 6.45) is 1.14. The van der Waals surface area contributed by atoms with E-state index in [2.05, 4.69) is 0 Å². The lowest BCUT2D eigenvalue weighted by Gasteiger charge is -2.07. The fraction of sp³-hybridized carbons (Fsp3) is 0.0714. The summed E-state index contributed by atoms with van der Waals surface area (Å²) in [6, 6.07) is 12.5. The molecule has 0 aromatic heterocycles. The van der Waals surface area contributed by atoms with Crippen LogP contribution in [0.25, 0.3) is 0 Å². The molecule has 0 aliphatic carbocycles. The van der Waals surface area contributed by atoms with Crippen molar-refractivity contribution >= 4 is 15.7 Å². The molecular weight excluding hydrogens is 292 g/mol. The topological polar surface area (TPSA) is 98.5 Å². The Morgan fingerprint density at radius 2 is 1.76 bits per heavy atom. The molecule has 2 aromatic rings. The van der Waals surface area contributed by atoms with Crippen LogP contribution in [0.3, 0.4) is 0 Å². The first-order chi connectivity index (χ1) is 9.90. The number of ether oxygens (including phenoxy) is 1. The Morgan fingerprint density at radius 1 is 1.10 bits per heavy atom. The van der Waals surface area contributed by atoms with Gasteiger partial charge in [-0.05, 0) is 42.5 Å². The van der Waals surface area contributed by atoms with Crippen LogP contribution in [0.5, 0.6) is 11.5 Å². The third kappa shape index (κ3) is 3.80. The van der Waals surface area contributed by atoms with E-state index in [1.165, 1.54) is 18.2 Å². The third-order valence-corrected chi connectivity index (χ3v) is 3.84. The molecule has 0 fully saturated rings. The average Bonchev–Trinajstić information content (AvgIpc) is 2.46. The molecule has 0 aliphatic rings. The van der Waals surface area contributed by atoms with E-state index < -0.39 is 15.7 Å². The zero-order chi connectivity index (χ0) is 15.5. The normalized spacial score (nSPS) is 11.0. The van der Waals surface area contributed by atoms with Crippen molar-refractivity contribution in [3.05, 3.63) is 54.1 Å². The van der Waals surface area contributed by atoms with Gasteiger partial charge in [0.15, 0.2) is 9.84 Å². The first kappa shape index (κ1) is 15.0. The van der Waals surface area contributed by atoms with Gasteiger partial charge in [-0.3, -0.25) is 10.2 Å². The minimum absolute atomic E-state index is 0.214. The summed E-state index contributed by atoms with van der Waals surface area (Å²) in [6.45, 7) is 0. The molecule has 0 aliphatic heterocycles. The molecule has 0 radical (unpaired) electrons. The second-order valence-electron chi connectivity index (χ2n) is 4.35. The summed E-state index contributed by atoms with van der Waals surface area (Å²) in [4.78, 5) is 11.6. The molecule has 110 valence electrons. The van der Waals surface area contributed by atoms with Crippen LogP contribution < -0.4 is 16.0 Å². The molecule has 0 heterocycles. The monoisotopic (exact) mass is 306 g/mol. The SMILES string of the molecule is CS(=O)(=O)c1ccc(Oc2cccc(C(=O)NN)c2)cc1. The Hall–Kier alpha value is -2.38. The highest BCUT2D eigenvalue weighted by atomic mass is 32.2. The largest absolute Gasteiger partial charge is 0.457 e. The fourth-order valence-corrected chi connectivity index (χ4v) is 2.31. The van der Waals surface area contributed by atoms with E-state index in [9.17, 15) is 13.2 Å². The summed E-state index contributed by atoms with van der Waals surface area (Å²) in [5.74, 6) is 5.56. The molecule has 7 heteroatoms. The van der Waals surface area contributed by atoms with Crippen molar-refractivity contribution in [2.24, 2.45) is 5.84 Å². The Kier molecular flexibility index (Phi) is 4.25. The highest BCUT2D eigenvalue weighted by Gasteiger charge is 2.08. The number of amides is 1. The van der Waals surface area contributed by atoms with E-state index in [0.717, 1.165) is 6.26 Å². The summed E-state index contributed by atoms with van der Waals surface area (Å²) in [7, 11) is -3.24. The molecule has 0 saturated carbocycles. The Morgan fingerprint density at radius 3 is 2.33 bits per heavy atom. The zero-order valence-electron chi connectivity index (χ0n) is 11.2. The molecule has 0 atom stereocenters. The van der Waals surface area contributed by atoms with Crippen molar-refractivity contribution in [1.82, 2.24) is 5.43 Å². The number of carbonyl (C=O) groups excluding carboxylic acids is 1. The predicted molar refractivity (Wildman–Crippen MR) is 77.7 cm³/mol.